The quantitative estimate of drug-likeness (QED) is 0.332. The summed E-state index contributed by atoms with van der Waals surface area (Å²) in [4.78, 5) is 21.3. The van der Waals surface area contributed by atoms with Crippen molar-refractivity contribution in [1.29, 1.82) is 0 Å². The third kappa shape index (κ3) is 4.72. The van der Waals surface area contributed by atoms with Gasteiger partial charge in [-0.2, -0.15) is 0 Å². The molecule has 4 aromatic heterocycles. The van der Waals surface area contributed by atoms with Crippen LogP contribution in [-0.2, 0) is 17.8 Å². The van der Waals surface area contributed by atoms with E-state index < -0.39 is 0 Å². The Morgan fingerprint density at radius 2 is 1.70 bits per heavy atom. The van der Waals surface area contributed by atoms with Crippen LogP contribution in [0.25, 0.3) is 27.5 Å². The lowest BCUT2D eigenvalue weighted by molar-refractivity contribution is -0.120. The van der Waals surface area contributed by atoms with Gasteiger partial charge in [-0.1, -0.05) is 48.5 Å². The third-order valence-electron chi connectivity index (χ3n) is 6.18. The van der Waals surface area contributed by atoms with E-state index in [1.807, 2.05) is 89.6 Å². The molecule has 6 rings (SSSR count). The van der Waals surface area contributed by atoms with Gasteiger partial charge in [0.25, 0.3) is 0 Å². The van der Waals surface area contributed by atoms with E-state index in [2.05, 4.69) is 30.8 Å². The van der Waals surface area contributed by atoms with Gasteiger partial charge in [-0.15, -0.1) is 10.2 Å². The number of fused-ring (bicyclic) bond motifs is 2. The van der Waals surface area contributed by atoms with Crippen molar-refractivity contribution in [2.45, 2.75) is 13.0 Å². The van der Waals surface area contributed by atoms with E-state index in [4.69, 9.17) is 0 Å². The number of pyridine rings is 2. The van der Waals surface area contributed by atoms with E-state index in [1.165, 1.54) is 0 Å². The summed E-state index contributed by atoms with van der Waals surface area (Å²) < 4.78 is 1.96. The van der Waals surface area contributed by atoms with Gasteiger partial charge in [-0.05, 0) is 46.8 Å². The van der Waals surface area contributed by atoms with E-state index in [0.717, 1.165) is 38.6 Å². The topological polar surface area (TPSA) is 97.6 Å². The highest BCUT2D eigenvalue weighted by Crippen LogP contribution is 2.26. The first kappa shape index (κ1) is 22.4. The average molecular weight is 486 g/mol. The van der Waals surface area contributed by atoms with Crippen LogP contribution in [0.5, 0.6) is 0 Å². The molecule has 0 saturated carbocycles. The van der Waals surface area contributed by atoms with E-state index in [9.17, 15) is 4.79 Å². The van der Waals surface area contributed by atoms with Gasteiger partial charge < -0.3 is 10.6 Å². The highest BCUT2D eigenvalue weighted by molar-refractivity contribution is 5.93. The van der Waals surface area contributed by atoms with Crippen LogP contribution in [0.15, 0.2) is 104 Å². The molecule has 0 aliphatic heterocycles. The molecule has 0 fully saturated rings. The van der Waals surface area contributed by atoms with Gasteiger partial charge in [-0.25, -0.2) is 4.98 Å². The van der Waals surface area contributed by atoms with E-state index in [1.54, 1.807) is 18.6 Å². The largest absolute Gasteiger partial charge is 0.352 e. The van der Waals surface area contributed by atoms with Crippen LogP contribution >= 0.6 is 0 Å². The molecular weight excluding hydrogens is 462 g/mol. The fourth-order valence-corrected chi connectivity index (χ4v) is 4.38. The van der Waals surface area contributed by atoms with Crippen LogP contribution in [0.4, 0.5) is 11.6 Å². The van der Waals surface area contributed by atoms with Crippen molar-refractivity contribution in [2.75, 3.05) is 5.32 Å². The highest BCUT2D eigenvalue weighted by atomic mass is 16.1. The molecule has 0 spiro atoms. The molecule has 6 aromatic rings. The van der Waals surface area contributed by atoms with Crippen molar-refractivity contribution in [2.24, 2.45) is 0 Å². The second-order valence-corrected chi connectivity index (χ2v) is 8.64. The number of rotatable bonds is 7. The van der Waals surface area contributed by atoms with Crippen molar-refractivity contribution in [3.63, 3.8) is 0 Å². The van der Waals surface area contributed by atoms with Gasteiger partial charge in [0.05, 0.1) is 11.9 Å². The number of hydrogen-bond acceptors (Lipinski definition) is 6. The second-order valence-electron chi connectivity index (χ2n) is 8.64. The minimum Gasteiger partial charge on any atom is -0.352 e. The number of nitrogens with one attached hydrogen (secondary N) is 2. The zero-order valence-electron chi connectivity index (χ0n) is 19.9. The first-order valence-corrected chi connectivity index (χ1v) is 11.9. The van der Waals surface area contributed by atoms with E-state index in [-0.39, 0.29) is 12.3 Å². The fraction of sp³-hybridized carbons (Fsp3) is 0.0690. The van der Waals surface area contributed by atoms with Crippen LogP contribution in [0.2, 0.25) is 0 Å². The van der Waals surface area contributed by atoms with Gasteiger partial charge in [0, 0.05) is 42.1 Å². The monoisotopic (exact) mass is 485 g/mol. The third-order valence-corrected chi connectivity index (χ3v) is 6.18. The van der Waals surface area contributed by atoms with Crippen LogP contribution in [0.3, 0.4) is 0 Å². The average Bonchev–Trinajstić information content (AvgIpc) is 3.31. The Balaban J connectivity index is 1.23. The maximum atomic E-state index is 12.7. The lowest BCUT2D eigenvalue weighted by Gasteiger charge is -2.08. The Hall–Kier alpha value is -5.11. The summed E-state index contributed by atoms with van der Waals surface area (Å²) in [5.41, 5.74) is 2.84. The predicted octanol–water partition coefficient (Wildman–Crippen LogP) is 4.97. The first-order chi connectivity index (χ1) is 18.2. The van der Waals surface area contributed by atoms with Crippen LogP contribution in [0, 0.1) is 0 Å². The summed E-state index contributed by atoms with van der Waals surface area (Å²) in [5.74, 6) is 1.93. The standard InChI is InChI=1S/C29H23N7O/c37-28(32-18-20-6-5-14-30-17-20)16-22-19-36(25-10-4-3-8-23(22)25)27-12-11-26(34-35-27)33-29-24-9-2-1-7-21(24)13-15-31-29/h1-15,17,19H,16,18H2,(H,32,37)(H,31,33,34). The molecule has 37 heavy (non-hydrogen) atoms. The summed E-state index contributed by atoms with van der Waals surface area (Å²) in [5, 5.41) is 18.2. The Morgan fingerprint density at radius 3 is 2.54 bits per heavy atom. The fourth-order valence-electron chi connectivity index (χ4n) is 4.38. The van der Waals surface area contributed by atoms with E-state index in [0.29, 0.717) is 18.2 Å². The molecule has 0 saturated heterocycles. The lowest BCUT2D eigenvalue weighted by Crippen LogP contribution is -2.24. The zero-order chi connectivity index (χ0) is 25.0. The van der Waals surface area contributed by atoms with Gasteiger partial charge in [0.2, 0.25) is 5.91 Å². The molecule has 180 valence electrons. The molecule has 0 aliphatic rings. The molecule has 0 unspecified atom stereocenters. The summed E-state index contributed by atoms with van der Waals surface area (Å²) in [6, 6.07) is 25.6. The molecule has 0 atom stereocenters. The molecule has 0 aliphatic carbocycles. The van der Waals surface area contributed by atoms with Crippen molar-refractivity contribution >= 4 is 39.2 Å². The normalized spacial score (nSPS) is 11.0. The van der Waals surface area contributed by atoms with E-state index >= 15 is 0 Å². The summed E-state index contributed by atoms with van der Waals surface area (Å²) in [6.07, 6.45) is 7.45. The van der Waals surface area contributed by atoms with Gasteiger partial charge in [0.15, 0.2) is 11.6 Å². The molecule has 8 nitrogen and oxygen atoms in total. The Labute approximate surface area is 213 Å². The van der Waals surface area contributed by atoms with Crippen molar-refractivity contribution in [3.8, 4) is 5.82 Å². The minimum atomic E-state index is -0.0556. The molecule has 8 heteroatoms. The summed E-state index contributed by atoms with van der Waals surface area (Å²) >= 11 is 0. The number of benzene rings is 2. The maximum absolute atomic E-state index is 12.7. The van der Waals surface area contributed by atoms with Crippen LogP contribution < -0.4 is 10.6 Å². The first-order valence-electron chi connectivity index (χ1n) is 11.9. The molecule has 0 radical (unpaired) electrons. The number of aromatic nitrogens is 5. The van der Waals surface area contributed by atoms with Gasteiger partial charge >= 0.3 is 0 Å². The zero-order valence-corrected chi connectivity index (χ0v) is 19.9. The molecule has 0 bridgehead atoms. The molecule has 2 aromatic carbocycles. The Morgan fingerprint density at radius 1 is 0.838 bits per heavy atom. The molecular formula is C29H23N7O. The smallest absolute Gasteiger partial charge is 0.224 e. The summed E-state index contributed by atoms with van der Waals surface area (Å²) in [6.45, 7) is 0.441. The number of nitrogens with zero attached hydrogens (tertiary/aromatic N) is 5. The van der Waals surface area contributed by atoms with Gasteiger partial charge in [0.1, 0.15) is 5.82 Å². The number of para-hydroxylation sites is 1. The molecule has 4 heterocycles. The molecule has 2 N–H and O–H groups in total. The highest BCUT2D eigenvalue weighted by Gasteiger charge is 2.14. The Kier molecular flexibility index (Phi) is 5.96. The summed E-state index contributed by atoms with van der Waals surface area (Å²) in [7, 11) is 0. The molecule has 1 amide bonds. The number of carbonyl (C=O) groups excluding carboxylic acids is 1. The van der Waals surface area contributed by atoms with Crippen molar-refractivity contribution in [1.82, 2.24) is 30.0 Å². The number of amides is 1. The van der Waals surface area contributed by atoms with Gasteiger partial charge in [-0.3, -0.25) is 14.3 Å². The minimum absolute atomic E-state index is 0.0556. The van der Waals surface area contributed by atoms with Crippen molar-refractivity contribution in [3.05, 3.63) is 115 Å². The van der Waals surface area contributed by atoms with Crippen molar-refractivity contribution < 1.29 is 4.79 Å². The predicted molar refractivity (Wildman–Crippen MR) is 144 cm³/mol. The number of carbonyl (C=O) groups is 1. The number of anilines is 2. The second kappa shape index (κ2) is 9.87. The van der Waals surface area contributed by atoms with Crippen LogP contribution in [0.1, 0.15) is 11.1 Å². The maximum Gasteiger partial charge on any atom is 0.224 e. The SMILES string of the molecule is O=C(Cc1cn(-c2ccc(Nc3nccc4ccccc34)nn2)c2ccccc12)NCc1cccnc1. The Bertz CT molecular complexity index is 1690. The lowest BCUT2D eigenvalue weighted by atomic mass is 10.1. The van der Waals surface area contributed by atoms with Crippen LogP contribution in [-0.4, -0.2) is 30.6 Å². The number of hydrogen-bond donors (Lipinski definition) is 2.